The van der Waals surface area contributed by atoms with Crippen LogP contribution in [0.15, 0.2) is 0 Å². The number of carbonyl (C=O) groups is 2. The maximum atomic E-state index is 10.8. The van der Waals surface area contributed by atoms with Crippen molar-refractivity contribution >= 4 is 11.8 Å². The number of rotatable bonds is 9. The van der Waals surface area contributed by atoms with Crippen LogP contribution in [0.2, 0.25) is 0 Å². The van der Waals surface area contributed by atoms with Gasteiger partial charge in [0.2, 0.25) is 0 Å². The van der Waals surface area contributed by atoms with Crippen LogP contribution < -0.4 is 0 Å². The van der Waals surface area contributed by atoms with Crippen molar-refractivity contribution in [2.45, 2.75) is 58.8 Å². The van der Waals surface area contributed by atoms with Crippen LogP contribution >= 0.6 is 0 Å². The Kier molecular flexibility index (Phi) is 7.96. The average Bonchev–Trinajstić information content (AvgIpc) is 2.15. The smallest absolute Gasteiger partial charge is 0.306 e. The Bertz CT molecular complexity index is 199. The van der Waals surface area contributed by atoms with Crippen LogP contribution in [0, 0.1) is 5.92 Å². The zero-order chi connectivity index (χ0) is 11.7. The molecule has 1 atom stereocenters. The molecule has 0 aromatic heterocycles. The summed E-state index contributed by atoms with van der Waals surface area (Å²) >= 11 is 0. The third-order valence-corrected chi connectivity index (χ3v) is 2.54. The van der Waals surface area contributed by atoms with E-state index in [0.29, 0.717) is 6.42 Å². The first-order chi connectivity index (χ1) is 7.07. The second-order valence-electron chi connectivity index (χ2n) is 4.14. The number of aliphatic carboxylic acids is 1. The second-order valence-corrected chi connectivity index (χ2v) is 4.14. The second kappa shape index (κ2) is 8.45. The standard InChI is InChI=1S/C12H22O3/c1-3-4-5-6-7-8-11(12(14)15)9-10(2)13/h11H,3-9H2,1-2H3,(H,14,15). The fourth-order valence-corrected chi connectivity index (χ4v) is 1.65. The Labute approximate surface area is 91.9 Å². The number of carboxylic acids is 1. The average molecular weight is 214 g/mol. The van der Waals surface area contributed by atoms with E-state index in [-0.39, 0.29) is 12.2 Å². The minimum absolute atomic E-state index is 0.0315. The van der Waals surface area contributed by atoms with Gasteiger partial charge in [-0.15, -0.1) is 0 Å². The predicted molar refractivity (Wildman–Crippen MR) is 59.8 cm³/mol. The molecule has 0 saturated carbocycles. The fourth-order valence-electron chi connectivity index (χ4n) is 1.65. The quantitative estimate of drug-likeness (QED) is 0.600. The van der Waals surface area contributed by atoms with Crippen LogP contribution in [0.3, 0.4) is 0 Å². The van der Waals surface area contributed by atoms with Crippen molar-refractivity contribution in [1.82, 2.24) is 0 Å². The van der Waals surface area contributed by atoms with E-state index in [4.69, 9.17) is 5.11 Å². The van der Waals surface area contributed by atoms with Crippen LogP contribution in [0.4, 0.5) is 0 Å². The number of carboxylic acid groups (broad SMARTS) is 1. The summed E-state index contributed by atoms with van der Waals surface area (Å²) in [5, 5.41) is 8.87. The highest BCUT2D eigenvalue weighted by molar-refractivity contribution is 5.81. The maximum absolute atomic E-state index is 10.8. The molecule has 0 aliphatic rings. The summed E-state index contributed by atoms with van der Waals surface area (Å²) < 4.78 is 0. The Morgan fingerprint density at radius 3 is 2.20 bits per heavy atom. The summed E-state index contributed by atoms with van der Waals surface area (Å²) in [5.74, 6) is -1.33. The third-order valence-electron chi connectivity index (χ3n) is 2.54. The van der Waals surface area contributed by atoms with Crippen LogP contribution in [-0.4, -0.2) is 16.9 Å². The molecule has 0 spiro atoms. The van der Waals surface area contributed by atoms with E-state index in [2.05, 4.69) is 6.92 Å². The van der Waals surface area contributed by atoms with Crippen molar-refractivity contribution in [1.29, 1.82) is 0 Å². The van der Waals surface area contributed by atoms with Gasteiger partial charge in [0, 0.05) is 6.42 Å². The lowest BCUT2D eigenvalue weighted by molar-refractivity contribution is -0.143. The molecule has 3 nitrogen and oxygen atoms in total. The van der Waals surface area contributed by atoms with E-state index >= 15 is 0 Å². The van der Waals surface area contributed by atoms with E-state index in [1.807, 2.05) is 0 Å². The lowest BCUT2D eigenvalue weighted by Crippen LogP contribution is -2.16. The first-order valence-electron chi connectivity index (χ1n) is 5.80. The first-order valence-corrected chi connectivity index (χ1v) is 5.80. The molecule has 1 N–H and O–H groups in total. The van der Waals surface area contributed by atoms with Gasteiger partial charge in [0.15, 0.2) is 0 Å². The van der Waals surface area contributed by atoms with Gasteiger partial charge in [0.25, 0.3) is 0 Å². The molecule has 0 radical (unpaired) electrons. The molecule has 0 saturated heterocycles. The van der Waals surface area contributed by atoms with Crippen molar-refractivity contribution in [2.75, 3.05) is 0 Å². The van der Waals surface area contributed by atoms with Crippen LogP contribution in [0.25, 0.3) is 0 Å². The normalized spacial score (nSPS) is 12.4. The number of unbranched alkanes of at least 4 members (excludes halogenated alkanes) is 4. The number of ketones is 1. The number of Topliss-reactive ketones (excluding diaryl/α,β-unsaturated/α-hetero) is 1. The zero-order valence-electron chi connectivity index (χ0n) is 9.79. The Hall–Kier alpha value is -0.860. The SMILES string of the molecule is CCCCCCCC(CC(C)=O)C(=O)O. The molecule has 3 heteroatoms. The topological polar surface area (TPSA) is 54.4 Å². The van der Waals surface area contributed by atoms with E-state index in [0.717, 1.165) is 12.8 Å². The molecule has 0 aliphatic carbocycles. The van der Waals surface area contributed by atoms with E-state index in [9.17, 15) is 9.59 Å². The van der Waals surface area contributed by atoms with Crippen LogP contribution in [0.5, 0.6) is 0 Å². The van der Waals surface area contributed by atoms with Gasteiger partial charge in [-0.25, -0.2) is 0 Å². The van der Waals surface area contributed by atoms with Gasteiger partial charge in [0.1, 0.15) is 5.78 Å². The summed E-state index contributed by atoms with van der Waals surface area (Å²) in [5.41, 5.74) is 0. The Morgan fingerprint density at radius 1 is 1.13 bits per heavy atom. The molecule has 1 unspecified atom stereocenters. The zero-order valence-corrected chi connectivity index (χ0v) is 9.79. The van der Waals surface area contributed by atoms with Crippen molar-refractivity contribution in [3.05, 3.63) is 0 Å². The minimum atomic E-state index is -0.833. The highest BCUT2D eigenvalue weighted by Gasteiger charge is 2.18. The summed E-state index contributed by atoms with van der Waals surface area (Å²) in [6, 6.07) is 0. The predicted octanol–water partition coefficient (Wildman–Crippen LogP) is 3.03. The van der Waals surface area contributed by atoms with Crippen molar-refractivity contribution in [3.8, 4) is 0 Å². The third kappa shape index (κ3) is 8.16. The van der Waals surface area contributed by atoms with Gasteiger partial charge in [-0.3, -0.25) is 4.79 Å². The van der Waals surface area contributed by atoms with Crippen LogP contribution in [-0.2, 0) is 9.59 Å². The van der Waals surface area contributed by atoms with E-state index < -0.39 is 11.9 Å². The molecule has 0 rings (SSSR count). The van der Waals surface area contributed by atoms with Gasteiger partial charge in [-0.2, -0.15) is 0 Å². The summed E-state index contributed by atoms with van der Waals surface area (Å²) in [7, 11) is 0. The van der Waals surface area contributed by atoms with Crippen LogP contribution in [0.1, 0.15) is 58.8 Å². The monoisotopic (exact) mass is 214 g/mol. The maximum Gasteiger partial charge on any atom is 0.306 e. The molecule has 0 heterocycles. The molecular weight excluding hydrogens is 192 g/mol. The molecule has 0 aliphatic heterocycles. The van der Waals surface area contributed by atoms with Crippen molar-refractivity contribution in [2.24, 2.45) is 5.92 Å². The number of carbonyl (C=O) groups excluding carboxylic acids is 1. The van der Waals surface area contributed by atoms with Gasteiger partial charge in [0.05, 0.1) is 5.92 Å². The minimum Gasteiger partial charge on any atom is -0.481 e. The number of hydrogen-bond donors (Lipinski definition) is 1. The molecule has 0 fully saturated rings. The Balaban J connectivity index is 3.67. The molecule has 0 bridgehead atoms. The van der Waals surface area contributed by atoms with Gasteiger partial charge in [-0.1, -0.05) is 39.0 Å². The fraction of sp³-hybridized carbons (Fsp3) is 0.833. The molecule has 0 amide bonds. The van der Waals surface area contributed by atoms with Gasteiger partial charge in [-0.05, 0) is 13.3 Å². The lowest BCUT2D eigenvalue weighted by Gasteiger charge is -2.09. The number of hydrogen-bond acceptors (Lipinski definition) is 2. The van der Waals surface area contributed by atoms with E-state index in [1.165, 1.54) is 26.2 Å². The largest absolute Gasteiger partial charge is 0.481 e. The van der Waals surface area contributed by atoms with Gasteiger partial charge < -0.3 is 9.90 Å². The van der Waals surface area contributed by atoms with Crippen molar-refractivity contribution < 1.29 is 14.7 Å². The summed E-state index contributed by atoms with van der Waals surface area (Å²) in [6.07, 6.45) is 6.39. The lowest BCUT2D eigenvalue weighted by atomic mass is 9.96. The van der Waals surface area contributed by atoms with Crippen molar-refractivity contribution in [3.63, 3.8) is 0 Å². The molecular formula is C12H22O3. The van der Waals surface area contributed by atoms with Gasteiger partial charge >= 0.3 is 5.97 Å². The Morgan fingerprint density at radius 2 is 1.73 bits per heavy atom. The molecule has 15 heavy (non-hydrogen) atoms. The highest BCUT2D eigenvalue weighted by Crippen LogP contribution is 2.15. The highest BCUT2D eigenvalue weighted by atomic mass is 16.4. The first kappa shape index (κ1) is 14.1. The van der Waals surface area contributed by atoms with E-state index in [1.54, 1.807) is 0 Å². The summed E-state index contributed by atoms with van der Waals surface area (Å²) in [4.78, 5) is 21.6. The molecule has 0 aromatic carbocycles. The molecule has 88 valence electrons. The molecule has 0 aromatic rings. The summed E-state index contributed by atoms with van der Waals surface area (Å²) in [6.45, 7) is 3.60.